The normalized spacial score (nSPS) is 26.9. The molecule has 5 rings (SSSR count). The van der Waals surface area contributed by atoms with Gasteiger partial charge in [-0.1, -0.05) is 136 Å². The van der Waals surface area contributed by atoms with E-state index in [1.54, 1.807) is 5.57 Å². The Hall–Kier alpha value is -3.12. The third-order valence-electron chi connectivity index (χ3n) is 10.3. The maximum atomic E-state index is 4.83. The van der Waals surface area contributed by atoms with E-state index in [0.717, 1.165) is 32.1 Å². The van der Waals surface area contributed by atoms with E-state index in [1.165, 1.54) is 61.3 Å². The first-order valence-corrected chi connectivity index (χ1v) is 16.0. The molecule has 0 heteroatoms. The third-order valence-corrected chi connectivity index (χ3v) is 10.3. The molecular weight excluding hydrogens is 492 g/mol. The predicted molar refractivity (Wildman–Crippen MR) is 178 cm³/mol. The molecule has 0 radical (unpaired) electrons. The van der Waals surface area contributed by atoms with Gasteiger partial charge >= 0.3 is 0 Å². The zero-order chi connectivity index (χ0) is 29.4. The highest BCUT2D eigenvalue weighted by atomic mass is 14.5. The van der Waals surface area contributed by atoms with Gasteiger partial charge in [0.25, 0.3) is 0 Å². The summed E-state index contributed by atoms with van der Waals surface area (Å²) in [5.41, 5.74) is 17.2. The van der Waals surface area contributed by atoms with E-state index < -0.39 is 0 Å². The Morgan fingerprint density at radius 2 is 1.61 bits per heavy atom. The number of benzene rings is 2. The van der Waals surface area contributed by atoms with Crippen LogP contribution in [0.1, 0.15) is 100 Å². The van der Waals surface area contributed by atoms with Crippen molar-refractivity contribution in [3.05, 3.63) is 141 Å². The molecule has 5 unspecified atom stereocenters. The van der Waals surface area contributed by atoms with Crippen molar-refractivity contribution in [1.82, 2.24) is 0 Å². The van der Waals surface area contributed by atoms with Gasteiger partial charge in [0, 0.05) is 17.8 Å². The van der Waals surface area contributed by atoms with Gasteiger partial charge in [-0.2, -0.15) is 0 Å². The highest BCUT2D eigenvalue weighted by Crippen LogP contribution is 2.57. The molecule has 0 aliphatic heterocycles. The number of aryl methyl sites for hydroxylation is 3. The highest BCUT2D eigenvalue weighted by Gasteiger charge is 2.45. The summed E-state index contributed by atoms with van der Waals surface area (Å²) in [6.07, 6.45) is 12.9. The van der Waals surface area contributed by atoms with E-state index >= 15 is 0 Å². The SMILES string of the molecule is C=C1C(=CC2=C(C)C(c3ccc(C)cc3)C(C)=C2)CC2=CC(C)C(C(=C)CCC)C(c3ccc(CC)c(CC)c3)C12. The summed E-state index contributed by atoms with van der Waals surface area (Å²) in [4.78, 5) is 0. The summed E-state index contributed by atoms with van der Waals surface area (Å²) in [5.74, 6) is 2.05. The van der Waals surface area contributed by atoms with E-state index in [0.29, 0.717) is 29.6 Å². The maximum absolute atomic E-state index is 4.83. The summed E-state index contributed by atoms with van der Waals surface area (Å²) < 4.78 is 0. The maximum Gasteiger partial charge on any atom is 0.0264 e. The molecule has 5 atom stereocenters. The molecule has 1 fully saturated rings. The van der Waals surface area contributed by atoms with Gasteiger partial charge < -0.3 is 0 Å². The van der Waals surface area contributed by atoms with Crippen molar-refractivity contribution >= 4 is 0 Å². The average molecular weight is 543 g/mol. The Kier molecular flexibility index (Phi) is 8.60. The lowest BCUT2D eigenvalue weighted by molar-refractivity contribution is 0.322. The van der Waals surface area contributed by atoms with Crippen LogP contribution in [0.15, 0.2) is 113 Å². The molecule has 0 amide bonds. The van der Waals surface area contributed by atoms with Gasteiger partial charge in [-0.25, -0.2) is 0 Å². The first kappa shape index (κ1) is 29.4. The fraction of sp³-hybridized carbons (Fsp3) is 0.415. The Bertz CT molecular complexity index is 1460. The third kappa shape index (κ3) is 5.43. The van der Waals surface area contributed by atoms with Crippen LogP contribution in [0.25, 0.3) is 0 Å². The number of hydrogen-bond donors (Lipinski definition) is 0. The van der Waals surface area contributed by atoms with E-state index in [-0.39, 0.29) is 0 Å². The van der Waals surface area contributed by atoms with Crippen LogP contribution in [0.3, 0.4) is 0 Å². The fourth-order valence-electron chi connectivity index (χ4n) is 8.20. The van der Waals surface area contributed by atoms with Gasteiger partial charge in [0.2, 0.25) is 0 Å². The molecule has 41 heavy (non-hydrogen) atoms. The van der Waals surface area contributed by atoms with E-state index in [9.17, 15) is 0 Å². The Morgan fingerprint density at radius 1 is 0.927 bits per heavy atom. The molecule has 0 spiro atoms. The van der Waals surface area contributed by atoms with Crippen LogP contribution in [0.2, 0.25) is 0 Å². The number of allylic oxidation sites excluding steroid dienone is 10. The van der Waals surface area contributed by atoms with Crippen molar-refractivity contribution in [2.24, 2.45) is 17.8 Å². The van der Waals surface area contributed by atoms with Crippen molar-refractivity contribution in [1.29, 1.82) is 0 Å². The minimum absolute atomic E-state index is 0.355. The molecule has 2 aromatic carbocycles. The molecule has 0 heterocycles. The molecule has 2 aromatic rings. The molecule has 1 saturated carbocycles. The first-order valence-electron chi connectivity index (χ1n) is 16.0. The van der Waals surface area contributed by atoms with Crippen molar-refractivity contribution < 1.29 is 0 Å². The second-order valence-corrected chi connectivity index (χ2v) is 13.0. The van der Waals surface area contributed by atoms with Crippen LogP contribution in [0.4, 0.5) is 0 Å². The summed E-state index contributed by atoms with van der Waals surface area (Å²) in [7, 11) is 0. The number of fused-ring (bicyclic) bond motifs is 1. The summed E-state index contributed by atoms with van der Waals surface area (Å²) in [6, 6.07) is 16.4. The van der Waals surface area contributed by atoms with Crippen molar-refractivity contribution in [3.63, 3.8) is 0 Å². The van der Waals surface area contributed by atoms with Gasteiger partial charge in [0.15, 0.2) is 0 Å². The minimum Gasteiger partial charge on any atom is -0.0995 e. The van der Waals surface area contributed by atoms with Crippen LogP contribution in [-0.2, 0) is 12.8 Å². The van der Waals surface area contributed by atoms with Crippen LogP contribution >= 0.6 is 0 Å². The van der Waals surface area contributed by atoms with Crippen LogP contribution in [-0.4, -0.2) is 0 Å². The van der Waals surface area contributed by atoms with Crippen molar-refractivity contribution in [2.75, 3.05) is 0 Å². The van der Waals surface area contributed by atoms with Gasteiger partial charge in [-0.05, 0) is 97.3 Å². The second kappa shape index (κ2) is 12.0. The predicted octanol–water partition coefficient (Wildman–Crippen LogP) is 11.3. The molecule has 3 aliphatic carbocycles. The second-order valence-electron chi connectivity index (χ2n) is 13.0. The monoisotopic (exact) mass is 542 g/mol. The smallest absolute Gasteiger partial charge is 0.0264 e. The lowest BCUT2D eigenvalue weighted by atomic mass is 9.62. The Balaban J connectivity index is 1.55. The lowest BCUT2D eigenvalue weighted by Crippen LogP contribution is -2.31. The zero-order valence-electron chi connectivity index (χ0n) is 26.6. The van der Waals surface area contributed by atoms with Gasteiger partial charge in [0.05, 0.1) is 0 Å². The standard InChI is InChI=1S/C41H50/c1-10-13-26(5)38-27(6)21-37-24-36(23-35-20-28(7)39(29(35)8)33-16-14-25(4)15-17-33)30(9)40(37)41(38)34-19-18-31(11-2)32(12-3)22-34/h14-23,27,38-41H,5,9-13,24H2,1-4,6-8H3. The van der Waals surface area contributed by atoms with Crippen LogP contribution < -0.4 is 0 Å². The Morgan fingerprint density at radius 3 is 2.27 bits per heavy atom. The van der Waals surface area contributed by atoms with Gasteiger partial charge in [0.1, 0.15) is 0 Å². The summed E-state index contributed by atoms with van der Waals surface area (Å²) in [5, 5.41) is 0. The van der Waals surface area contributed by atoms with Crippen molar-refractivity contribution in [2.45, 2.75) is 92.4 Å². The number of rotatable bonds is 8. The molecule has 3 aliphatic rings. The zero-order valence-corrected chi connectivity index (χ0v) is 26.6. The average Bonchev–Trinajstić information content (AvgIpc) is 3.41. The Labute approximate surface area is 250 Å². The quantitative estimate of drug-likeness (QED) is 0.291. The van der Waals surface area contributed by atoms with Gasteiger partial charge in [-0.15, -0.1) is 0 Å². The lowest BCUT2D eigenvalue weighted by Gasteiger charge is -2.42. The van der Waals surface area contributed by atoms with Crippen LogP contribution in [0, 0.1) is 24.7 Å². The largest absolute Gasteiger partial charge is 0.0995 e. The topological polar surface area (TPSA) is 0 Å². The fourth-order valence-corrected chi connectivity index (χ4v) is 8.20. The van der Waals surface area contributed by atoms with E-state index in [1.807, 2.05) is 0 Å². The summed E-state index contributed by atoms with van der Waals surface area (Å²) in [6.45, 7) is 25.6. The molecule has 0 saturated heterocycles. The molecule has 214 valence electrons. The molecular formula is C41H50. The minimum atomic E-state index is 0.355. The van der Waals surface area contributed by atoms with Crippen molar-refractivity contribution in [3.8, 4) is 0 Å². The van der Waals surface area contributed by atoms with E-state index in [2.05, 4.69) is 116 Å². The highest BCUT2D eigenvalue weighted by molar-refractivity contribution is 5.59. The molecule has 0 nitrogen and oxygen atoms in total. The molecule has 0 N–H and O–H groups in total. The molecule has 0 bridgehead atoms. The van der Waals surface area contributed by atoms with Gasteiger partial charge in [-0.3, -0.25) is 0 Å². The molecule has 0 aromatic heterocycles. The first-order chi connectivity index (χ1) is 19.7. The summed E-state index contributed by atoms with van der Waals surface area (Å²) >= 11 is 0. The number of hydrogen-bond acceptors (Lipinski definition) is 0. The van der Waals surface area contributed by atoms with Crippen LogP contribution in [0.5, 0.6) is 0 Å². The van der Waals surface area contributed by atoms with E-state index in [4.69, 9.17) is 6.58 Å².